The third kappa shape index (κ3) is 4.24. The van der Waals surface area contributed by atoms with Crippen molar-refractivity contribution in [3.05, 3.63) is 54.1 Å². The summed E-state index contributed by atoms with van der Waals surface area (Å²) < 4.78 is 20.1. The number of benzene rings is 1. The number of hydrogen-bond donors (Lipinski definition) is 1. The van der Waals surface area contributed by atoms with Gasteiger partial charge in [-0.1, -0.05) is 6.08 Å². The van der Waals surface area contributed by atoms with Crippen molar-refractivity contribution in [3.63, 3.8) is 0 Å². The fourth-order valence-electron chi connectivity index (χ4n) is 3.58. The maximum atomic E-state index is 14.9. The van der Waals surface area contributed by atoms with E-state index in [2.05, 4.69) is 15.3 Å². The number of amides is 2. The highest BCUT2D eigenvalue weighted by atomic mass is 19.1. The van der Waals surface area contributed by atoms with Crippen molar-refractivity contribution in [3.8, 4) is 0 Å². The van der Waals surface area contributed by atoms with Gasteiger partial charge >= 0.3 is 6.09 Å². The molecule has 8 nitrogen and oxygen atoms in total. The first-order valence-electron chi connectivity index (χ1n) is 9.75. The summed E-state index contributed by atoms with van der Waals surface area (Å²) in [5.41, 5.74) is 1.87. The van der Waals surface area contributed by atoms with E-state index in [0.717, 1.165) is 5.57 Å². The average molecular weight is 411 g/mol. The number of cyclic esters (lactones) is 1. The van der Waals surface area contributed by atoms with Gasteiger partial charge in [0.1, 0.15) is 11.9 Å². The van der Waals surface area contributed by atoms with Gasteiger partial charge in [0.15, 0.2) is 0 Å². The van der Waals surface area contributed by atoms with E-state index in [9.17, 15) is 14.0 Å². The van der Waals surface area contributed by atoms with Gasteiger partial charge in [-0.15, -0.1) is 0 Å². The number of carbonyl (C=O) groups excluding carboxylic acids is 2. The van der Waals surface area contributed by atoms with Gasteiger partial charge in [-0.05, 0) is 36.3 Å². The maximum absolute atomic E-state index is 14.9. The summed E-state index contributed by atoms with van der Waals surface area (Å²) in [7, 11) is 0. The predicted octanol–water partition coefficient (Wildman–Crippen LogP) is 2.37. The van der Waals surface area contributed by atoms with Gasteiger partial charge in [0, 0.05) is 38.0 Å². The Labute approximate surface area is 173 Å². The number of anilines is 2. The molecule has 1 aromatic carbocycles. The summed E-state index contributed by atoms with van der Waals surface area (Å²) in [6, 6.07) is 6.53. The second-order valence-corrected chi connectivity index (χ2v) is 7.19. The lowest BCUT2D eigenvalue weighted by molar-refractivity contribution is -0.119. The molecule has 156 valence electrons. The predicted molar refractivity (Wildman–Crippen MR) is 110 cm³/mol. The van der Waals surface area contributed by atoms with Gasteiger partial charge in [-0.2, -0.15) is 0 Å². The molecule has 1 aromatic heterocycles. The first-order chi connectivity index (χ1) is 14.5. The van der Waals surface area contributed by atoms with Crippen LogP contribution in [-0.2, 0) is 9.53 Å². The Balaban J connectivity index is 1.44. The number of rotatable bonds is 5. The summed E-state index contributed by atoms with van der Waals surface area (Å²) in [6.45, 7) is 3.18. The van der Waals surface area contributed by atoms with Crippen LogP contribution in [0, 0.1) is 5.82 Å². The fourth-order valence-corrected chi connectivity index (χ4v) is 3.58. The molecule has 1 N–H and O–H groups in total. The lowest BCUT2D eigenvalue weighted by atomic mass is 9.98. The van der Waals surface area contributed by atoms with E-state index in [-0.39, 0.29) is 24.8 Å². The van der Waals surface area contributed by atoms with E-state index >= 15 is 0 Å². The molecular weight excluding hydrogens is 389 g/mol. The van der Waals surface area contributed by atoms with Crippen molar-refractivity contribution < 1.29 is 18.7 Å². The Morgan fingerprint density at radius 1 is 1.33 bits per heavy atom. The zero-order valence-electron chi connectivity index (χ0n) is 16.5. The highest BCUT2D eigenvalue weighted by Gasteiger charge is 2.32. The highest BCUT2D eigenvalue weighted by molar-refractivity contribution is 5.90. The van der Waals surface area contributed by atoms with Crippen molar-refractivity contribution in [1.29, 1.82) is 0 Å². The lowest BCUT2D eigenvalue weighted by Crippen LogP contribution is -2.33. The minimum Gasteiger partial charge on any atom is -0.442 e. The molecule has 1 atom stereocenters. The molecule has 0 bridgehead atoms. The molecule has 1 unspecified atom stereocenters. The van der Waals surface area contributed by atoms with Crippen LogP contribution in [-0.4, -0.2) is 54.3 Å². The van der Waals surface area contributed by atoms with Gasteiger partial charge in [-0.3, -0.25) is 9.69 Å². The number of hydrogen-bond acceptors (Lipinski definition) is 6. The number of nitrogens with one attached hydrogen (secondary N) is 1. The molecule has 0 saturated carbocycles. The van der Waals surface area contributed by atoms with Crippen LogP contribution < -0.4 is 15.1 Å². The number of carbonyl (C=O) groups is 2. The Kier molecular flexibility index (Phi) is 5.60. The number of halogens is 1. The van der Waals surface area contributed by atoms with Gasteiger partial charge in [0.25, 0.3) is 0 Å². The highest BCUT2D eigenvalue weighted by Crippen LogP contribution is 2.30. The molecule has 4 rings (SSSR count). The standard InChI is InChI=1S/C21H22FN5O3/c1-14(28)25-12-17-13-27(21(29)30-17)16-3-4-18(19(22)11-16)15-5-9-26(10-6-15)20-23-7-2-8-24-20/h2-5,7-8,11,17H,6,9-10,12-13H2,1H3,(H,25,28). The largest absolute Gasteiger partial charge is 0.442 e. The van der Waals surface area contributed by atoms with E-state index in [0.29, 0.717) is 36.7 Å². The summed E-state index contributed by atoms with van der Waals surface area (Å²) in [5, 5.41) is 2.62. The number of nitrogens with zero attached hydrogens (tertiary/aromatic N) is 4. The Morgan fingerprint density at radius 2 is 2.13 bits per heavy atom. The molecule has 0 radical (unpaired) electrons. The van der Waals surface area contributed by atoms with Gasteiger partial charge in [0.05, 0.1) is 18.8 Å². The summed E-state index contributed by atoms with van der Waals surface area (Å²) in [6.07, 6.45) is 5.03. The van der Waals surface area contributed by atoms with E-state index in [4.69, 9.17) is 4.74 Å². The van der Waals surface area contributed by atoms with Gasteiger partial charge < -0.3 is 15.0 Å². The smallest absolute Gasteiger partial charge is 0.414 e. The first kappa shape index (κ1) is 19.8. The summed E-state index contributed by atoms with van der Waals surface area (Å²) >= 11 is 0. The van der Waals surface area contributed by atoms with Crippen molar-refractivity contribution in [2.75, 3.05) is 36.0 Å². The van der Waals surface area contributed by atoms with Crippen LogP contribution in [0.25, 0.3) is 5.57 Å². The van der Waals surface area contributed by atoms with Gasteiger partial charge in [-0.25, -0.2) is 19.2 Å². The molecule has 1 saturated heterocycles. The second kappa shape index (κ2) is 8.48. The molecule has 2 aromatic rings. The summed E-state index contributed by atoms with van der Waals surface area (Å²) in [5.74, 6) is 0.0734. The van der Waals surface area contributed by atoms with Crippen LogP contribution in [0.15, 0.2) is 42.7 Å². The normalized spacial score (nSPS) is 18.8. The van der Waals surface area contributed by atoms with E-state index in [1.165, 1.54) is 17.9 Å². The van der Waals surface area contributed by atoms with E-state index < -0.39 is 12.2 Å². The quantitative estimate of drug-likeness (QED) is 0.813. The third-order valence-corrected chi connectivity index (χ3v) is 5.11. The summed E-state index contributed by atoms with van der Waals surface area (Å²) in [4.78, 5) is 35.1. The topological polar surface area (TPSA) is 87.7 Å². The molecule has 0 aliphatic carbocycles. The van der Waals surface area contributed by atoms with Crippen LogP contribution in [0.1, 0.15) is 18.9 Å². The van der Waals surface area contributed by atoms with Crippen LogP contribution in [0.4, 0.5) is 20.8 Å². The minimum atomic E-state index is -0.548. The Bertz CT molecular complexity index is 982. The fraction of sp³-hybridized carbons (Fsp3) is 0.333. The number of ether oxygens (including phenoxy) is 1. The molecule has 2 amide bonds. The zero-order chi connectivity index (χ0) is 21.1. The molecule has 3 heterocycles. The van der Waals surface area contributed by atoms with Crippen molar-refractivity contribution >= 4 is 29.2 Å². The van der Waals surface area contributed by atoms with Crippen LogP contribution in [0.3, 0.4) is 0 Å². The molecule has 1 fully saturated rings. The Morgan fingerprint density at radius 3 is 2.80 bits per heavy atom. The lowest BCUT2D eigenvalue weighted by Gasteiger charge is -2.26. The molecule has 0 spiro atoms. The maximum Gasteiger partial charge on any atom is 0.414 e. The van der Waals surface area contributed by atoms with Crippen molar-refractivity contribution in [1.82, 2.24) is 15.3 Å². The average Bonchev–Trinajstić information content (AvgIpc) is 3.13. The van der Waals surface area contributed by atoms with Crippen molar-refractivity contribution in [2.24, 2.45) is 0 Å². The third-order valence-electron chi connectivity index (χ3n) is 5.11. The monoisotopic (exact) mass is 411 g/mol. The van der Waals surface area contributed by atoms with Crippen molar-refractivity contribution in [2.45, 2.75) is 19.4 Å². The van der Waals surface area contributed by atoms with Gasteiger partial charge in [0.2, 0.25) is 11.9 Å². The minimum absolute atomic E-state index is 0.196. The molecule has 2 aliphatic rings. The SMILES string of the molecule is CC(=O)NCC1CN(c2ccc(C3=CCN(c4ncccn4)CC3)c(F)c2)C(=O)O1. The van der Waals surface area contributed by atoms with Crippen LogP contribution in [0.2, 0.25) is 0 Å². The zero-order valence-corrected chi connectivity index (χ0v) is 16.5. The number of aromatic nitrogens is 2. The molecule has 9 heteroatoms. The molecule has 2 aliphatic heterocycles. The Hall–Kier alpha value is -3.49. The van der Waals surface area contributed by atoms with Crippen LogP contribution in [0.5, 0.6) is 0 Å². The van der Waals surface area contributed by atoms with E-state index in [1.807, 2.05) is 11.0 Å². The molecule has 30 heavy (non-hydrogen) atoms. The first-order valence-corrected chi connectivity index (χ1v) is 9.75. The second-order valence-electron chi connectivity index (χ2n) is 7.19. The van der Waals surface area contributed by atoms with E-state index in [1.54, 1.807) is 30.6 Å². The van der Waals surface area contributed by atoms with Crippen LogP contribution >= 0.6 is 0 Å². The molecular formula is C21H22FN5O3.